The minimum absolute atomic E-state index is 0.241. The minimum atomic E-state index is -0.313. The van der Waals surface area contributed by atoms with E-state index in [9.17, 15) is 4.79 Å². The molecule has 0 aromatic carbocycles. The van der Waals surface area contributed by atoms with E-state index in [2.05, 4.69) is 16.4 Å². The van der Waals surface area contributed by atoms with Gasteiger partial charge < -0.3 is 10.1 Å². The van der Waals surface area contributed by atoms with Gasteiger partial charge in [-0.3, -0.25) is 0 Å². The van der Waals surface area contributed by atoms with Crippen LogP contribution in [0.25, 0.3) is 0 Å². The number of ether oxygens (including phenoxy) is 1. The minimum Gasteiger partial charge on any atom is -0.467 e. The van der Waals surface area contributed by atoms with E-state index in [-0.39, 0.29) is 12.0 Å². The molecule has 1 aromatic heterocycles. The molecule has 17 heavy (non-hydrogen) atoms. The number of aryl methyl sites for hydroxylation is 2. The fraction of sp³-hybridized carbons (Fsp3) is 0.538. The Labute approximate surface area is 101 Å². The van der Waals surface area contributed by atoms with Crippen LogP contribution in [0.4, 0.5) is 5.82 Å². The molecule has 1 unspecified atom stereocenters. The van der Waals surface area contributed by atoms with Gasteiger partial charge in [0.2, 0.25) is 0 Å². The average molecular weight is 234 g/mol. The summed E-state index contributed by atoms with van der Waals surface area (Å²) in [5.41, 5.74) is 2.50. The van der Waals surface area contributed by atoms with Crippen molar-refractivity contribution in [3.63, 3.8) is 0 Å². The number of esters is 1. The second-order valence-corrected chi connectivity index (χ2v) is 4.28. The van der Waals surface area contributed by atoms with E-state index in [1.807, 2.05) is 13.0 Å². The van der Waals surface area contributed by atoms with E-state index in [0.29, 0.717) is 6.42 Å². The van der Waals surface area contributed by atoms with Crippen LogP contribution in [0.15, 0.2) is 12.1 Å². The van der Waals surface area contributed by atoms with Crippen molar-refractivity contribution in [1.29, 1.82) is 0 Å². The van der Waals surface area contributed by atoms with Gasteiger partial charge in [0, 0.05) is 5.69 Å². The molecule has 0 aliphatic heterocycles. The average Bonchev–Trinajstić information content (AvgIpc) is 2.82. The second kappa shape index (κ2) is 5.17. The highest BCUT2D eigenvalue weighted by molar-refractivity contribution is 5.78. The molecule has 0 saturated heterocycles. The zero-order chi connectivity index (χ0) is 12.3. The molecule has 1 N–H and O–H groups in total. The maximum Gasteiger partial charge on any atom is 0.328 e. The molecule has 0 saturated carbocycles. The van der Waals surface area contributed by atoms with Crippen LogP contribution in [0.2, 0.25) is 0 Å². The maximum absolute atomic E-state index is 11.5. The lowest BCUT2D eigenvalue weighted by molar-refractivity contribution is -0.141. The fourth-order valence-electron chi connectivity index (χ4n) is 2.15. The molecule has 0 radical (unpaired) electrons. The van der Waals surface area contributed by atoms with Gasteiger partial charge in [-0.25, -0.2) is 9.78 Å². The summed E-state index contributed by atoms with van der Waals surface area (Å²) in [6, 6.07) is 3.73. The van der Waals surface area contributed by atoms with Crippen molar-refractivity contribution in [2.45, 2.75) is 38.6 Å². The Morgan fingerprint density at radius 1 is 1.53 bits per heavy atom. The Balaban J connectivity index is 2.10. The first-order valence-electron chi connectivity index (χ1n) is 6.07. The summed E-state index contributed by atoms with van der Waals surface area (Å²) in [5, 5.41) is 3.12. The highest BCUT2D eigenvalue weighted by atomic mass is 16.5. The largest absolute Gasteiger partial charge is 0.467 e. The number of nitrogens with zero attached hydrogens (tertiary/aromatic N) is 1. The molecule has 1 aromatic rings. The van der Waals surface area contributed by atoms with E-state index in [4.69, 9.17) is 4.74 Å². The number of anilines is 1. The van der Waals surface area contributed by atoms with E-state index >= 15 is 0 Å². The number of carbonyl (C=O) groups excluding carboxylic acids is 1. The first kappa shape index (κ1) is 11.9. The molecule has 1 heterocycles. The van der Waals surface area contributed by atoms with Crippen LogP contribution < -0.4 is 5.32 Å². The predicted molar refractivity (Wildman–Crippen MR) is 66.0 cm³/mol. The van der Waals surface area contributed by atoms with Gasteiger partial charge in [-0.15, -0.1) is 0 Å². The predicted octanol–water partition coefficient (Wildman–Crippen LogP) is 1.93. The van der Waals surface area contributed by atoms with Gasteiger partial charge in [0.1, 0.15) is 11.9 Å². The molecule has 1 aliphatic carbocycles. The molecule has 4 nitrogen and oxygen atoms in total. The van der Waals surface area contributed by atoms with Crippen molar-refractivity contribution in [2.75, 3.05) is 12.4 Å². The van der Waals surface area contributed by atoms with Crippen LogP contribution in [0.1, 0.15) is 31.0 Å². The van der Waals surface area contributed by atoms with E-state index in [0.717, 1.165) is 24.4 Å². The zero-order valence-corrected chi connectivity index (χ0v) is 10.3. The SMILES string of the molecule is CCC(Nc1ccc2c(n1)CCC2)C(=O)OC. The van der Waals surface area contributed by atoms with Crippen molar-refractivity contribution in [2.24, 2.45) is 0 Å². The normalized spacial score (nSPS) is 15.2. The molecular weight excluding hydrogens is 216 g/mol. The summed E-state index contributed by atoms with van der Waals surface area (Å²) in [6.45, 7) is 1.95. The zero-order valence-electron chi connectivity index (χ0n) is 10.3. The van der Waals surface area contributed by atoms with E-state index in [1.54, 1.807) is 0 Å². The summed E-state index contributed by atoms with van der Waals surface area (Å²) in [5.74, 6) is 0.526. The molecule has 0 fully saturated rings. The molecule has 0 spiro atoms. The maximum atomic E-state index is 11.5. The molecule has 2 rings (SSSR count). The summed E-state index contributed by atoms with van der Waals surface area (Å²) < 4.78 is 4.74. The van der Waals surface area contributed by atoms with Gasteiger partial charge in [-0.1, -0.05) is 13.0 Å². The van der Waals surface area contributed by atoms with Crippen LogP contribution in [-0.4, -0.2) is 24.1 Å². The third-order valence-electron chi connectivity index (χ3n) is 3.14. The third-order valence-corrected chi connectivity index (χ3v) is 3.14. The van der Waals surface area contributed by atoms with Crippen LogP contribution in [0.5, 0.6) is 0 Å². The van der Waals surface area contributed by atoms with E-state index in [1.165, 1.54) is 19.1 Å². The van der Waals surface area contributed by atoms with Gasteiger partial charge in [0.15, 0.2) is 0 Å². The number of carbonyl (C=O) groups is 1. The quantitative estimate of drug-likeness (QED) is 0.809. The van der Waals surface area contributed by atoms with E-state index < -0.39 is 0 Å². The summed E-state index contributed by atoms with van der Waals surface area (Å²) in [7, 11) is 1.41. The number of rotatable bonds is 4. The van der Waals surface area contributed by atoms with Crippen molar-refractivity contribution in [1.82, 2.24) is 4.98 Å². The number of nitrogens with one attached hydrogen (secondary N) is 1. The first-order chi connectivity index (χ1) is 8.24. The van der Waals surface area contributed by atoms with Gasteiger partial charge in [-0.05, 0) is 37.3 Å². The highest BCUT2D eigenvalue weighted by Gasteiger charge is 2.18. The number of pyridine rings is 1. The van der Waals surface area contributed by atoms with Crippen LogP contribution >= 0.6 is 0 Å². The second-order valence-electron chi connectivity index (χ2n) is 4.28. The lowest BCUT2D eigenvalue weighted by Crippen LogP contribution is -2.30. The standard InChI is InChI=1S/C13H18N2O2/c1-3-10(13(16)17-2)14-12-8-7-9-5-4-6-11(9)15-12/h7-8,10H,3-6H2,1-2H3,(H,14,15). The van der Waals surface area contributed by atoms with Gasteiger partial charge in [0.05, 0.1) is 7.11 Å². The highest BCUT2D eigenvalue weighted by Crippen LogP contribution is 2.22. The fourth-order valence-corrected chi connectivity index (χ4v) is 2.15. The number of fused-ring (bicyclic) bond motifs is 1. The third kappa shape index (κ3) is 2.57. The number of hydrogen-bond donors (Lipinski definition) is 1. The Kier molecular flexibility index (Phi) is 3.61. The van der Waals surface area contributed by atoms with Crippen LogP contribution in [0, 0.1) is 0 Å². The summed E-state index contributed by atoms with van der Waals surface area (Å²) >= 11 is 0. The number of aromatic nitrogens is 1. The lowest BCUT2D eigenvalue weighted by Gasteiger charge is -2.15. The van der Waals surface area contributed by atoms with Gasteiger partial charge in [-0.2, -0.15) is 0 Å². The smallest absolute Gasteiger partial charge is 0.328 e. The Morgan fingerprint density at radius 3 is 3.06 bits per heavy atom. The van der Waals surface area contributed by atoms with Crippen molar-refractivity contribution < 1.29 is 9.53 Å². The topological polar surface area (TPSA) is 51.2 Å². The monoisotopic (exact) mass is 234 g/mol. The molecule has 1 atom stereocenters. The molecule has 0 amide bonds. The molecule has 92 valence electrons. The number of hydrogen-bond acceptors (Lipinski definition) is 4. The molecule has 4 heteroatoms. The summed E-state index contributed by atoms with van der Waals surface area (Å²) in [4.78, 5) is 16.0. The number of methoxy groups -OCH3 is 1. The Morgan fingerprint density at radius 2 is 2.35 bits per heavy atom. The summed E-state index contributed by atoms with van der Waals surface area (Å²) in [6.07, 6.45) is 4.03. The van der Waals surface area contributed by atoms with Gasteiger partial charge >= 0.3 is 5.97 Å². The van der Waals surface area contributed by atoms with Crippen LogP contribution in [-0.2, 0) is 22.4 Å². The Bertz CT molecular complexity index is 418. The first-order valence-corrected chi connectivity index (χ1v) is 6.07. The van der Waals surface area contributed by atoms with Crippen molar-refractivity contribution in [3.05, 3.63) is 23.4 Å². The van der Waals surface area contributed by atoms with Gasteiger partial charge in [0.25, 0.3) is 0 Å². The van der Waals surface area contributed by atoms with Crippen LogP contribution in [0.3, 0.4) is 0 Å². The molecule has 1 aliphatic rings. The molecular formula is C13H18N2O2. The lowest BCUT2D eigenvalue weighted by atomic mass is 10.2. The molecule has 0 bridgehead atoms. The van der Waals surface area contributed by atoms with Crippen molar-refractivity contribution >= 4 is 11.8 Å². The Hall–Kier alpha value is -1.58. The van der Waals surface area contributed by atoms with Crippen molar-refractivity contribution in [3.8, 4) is 0 Å².